The lowest BCUT2D eigenvalue weighted by Crippen LogP contribution is -2.27. The summed E-state index contributed by atoms with van der Waals surface area (Å²) in [5.41, 5.74) is 3.66. The van der Waals surface area contributed by atoms with Crippen LogP contribution in [0.5, 0.6) is 5.75 Å². The van der Waals surface area contributed by atoms with Gasteiger partial charge in [-0.25, -0.2) is 4.39 Å². The number of hydrogen-bond acceptors (Lipinski definition) is 1. The molecule has 0 radical (unpaired) electrons. The number of ether oxygens (including phenoxy) is 1. The molecule has 0 fully saturated rings. The summed E-state index contributed by atoms with van der Waals surface area (Å²) in [5, 5.41) is 0. The average molecular weight is 425 g/mol. The third-order valence-corrected chi connectivity index (χ3v) is 5.91. The van der Waals surface area contributed by atoms with E-state index in [1.54, 1.807) is 18.2 Å². The van der Waals surface area contributed by atoms with Crippen molar-refractivity contribution in [1.29, 1.82) is 0 Å². The zero-order chi connectivity index (χ0) is 22.0. The van der Waals surface area contributed by atoms with Crippen LogP contribution >= 0.6 is 0 Å². The van der Waals surface area contributed by atoms with Gasteiger partial charge in [0, 0.05) is 5.56 Å². The van der Waals surface area contributed by atoms with Gasteiger partial charge in [-0.15, -0.1) is 0 Å². The number of halogens is 3. The number of unbranched alkanes of at least 4 members (excludes halogenated alkanes) is 2. The molecule has 1 aliphatic heterocycles. The van der Waals surface area contributed by atoms with Gasteiger partial charge in [-0.1, -0.05) is 81.6 Å². The molecule has 0 aliphatic carbocycles. The lowest BCUT2D eigenvalue weighted by Gasteiger charge is -2.29. The highest BCUT2D eigenvalue weighted by atomic mass is 19.3. The van der Waals surface area contributed by atoms with Gasteiger partial charge < -0.3 is 4.74 Å². The summed E-state index contributed by atoms with van der Waals surface area (Å²) >= 11 is 0. The van der Waals surface area contributed by atoms with Crippen molar-refractivity contribution >= 4 is 0 Å². The SMILES string of the molecule is CCCCCc1ccc2c(c1F)OC(F)(F)c1cc(-c3ccc(CCC)cc3)ccc1-2. The minimum absolute atomic E-state index is 0.228. The highest BCUT2D eigenvalue weighted by Crippen LogP contribution is 2.49. The first kappa shape index (κ1) is 21.5. The lowest BCUT2D eigenvalue weighted by molar-refractivity contribution is -0.188. The molecule has 0 saturated heterocycles. The van der Waals surface area contributed by atoms with E-state index in [-0.39, 0.29) is 11.3 Å². The van der Waals surface area contributed by atoms with Crippen molar-refractivity contribution in [1.82, 2.24) is 0 Å². The van der Waals surface area contributed by atoms with Crippen molar-refractivity contribution < 1.29 is 17.9 Å². The topological polar surface area (TPSA) is 9.23 Å². The second-order valence-electron chi connectivity index (χ2n) is 8.20. The van der Waals surface area contributed by atoms with Crippen molar-refractivity contribution in [2.45, 2.75) is 58.5 Å². The third kappa shape index (κ3) is 4.21. The van der Waals surface area contributed by atoms with E-state index in [4.69, 9.17) is 4.74 Å². The summed E-state index contributed by atoms with van der Waals surface area (Å²) in [6.45, 7) is 4.19. The second-order valence-corrected chi connectivity index (χ2v) is 8.20. The van der Waals surface area contributed by atoms with E-state index in [0.29, 0.717) is 28.7 Å². The Bertz CT molecular complexity index is 1070. The normalized spacial score (nSPS) is 14.0. The molecule has 162 valence electrons. The maximum atomic E-state index is 15.0. The summed E-state index contributed by atoms with van der Waals surface area (Å²) in [4.78, 5) is 0. The Kier molecular flexibility index (Phi) is 6.08. The van der Waals surface area contributed by atoms with Crippen molar-refractivity contribution in [2.24, 2.45) is 0 Å². The van der Waals surface area contributed by atoms with Gasteiger partial charge in [-0.3, -0.25) is 0 Å². The molecule has 0 saturated carbocycles. The minimum Gasteiger partial charge on any atom is -0.425 e. The molecule has 0 bridgehead atoms. The van der Waals surface area contributed by atoms with E-state index in [1.165, 1.54) is 11.6 Å². The van der Waals surface area contributed by atoms with Crippen LogP contribution in [0.4, 0.5) is 13.2 Å². The largest absolute Gasteiger partial charge is 0.427 e. The van der Waals surface area contributed by atoms with Gasteiger partial charge in [0.15, 0.2) is 11.6 Å². The molecule has 1 heterocycles. The first-order valence-electron chi connectivity index (χ1n) is 11.1. The molecule has 1 nitrogen and oxygen atoms in total. The number of fused-ring (bicyclic) bond motifs is 3. The molecule has 0 spiro atoms. The number of aryl methyl sites for hydroxylation is 2. The van der Waals surface area contributed by atoms with Crippen LogP contribution in [0.3, 0.4) is 0 Å². The molecule has 3 aromatic rings. The number of rotatable bonds is 7. The molecule has 4 heteroatoms. The number of hydrogen-bond donors (Lipinski definition) is 0. The smallest absolute Gasteiger partial charge is 0.425 e. The first-order chi connectivity index (χ1) is 14.9. The molecule has 3 aromatic carbocycles. The number of benzene rings is 3. The van der Waals surface area contributed by atoms with E-state index < -0.39 is 11.9 Å². The Balaban J connectivity index is 1.72. The van der Waals surface area contributed by atoms with Crippen LogP contribution in [0, 0.1) is 5.82 Å². The standard InChI is InChI=1S/C27H27F3O/c1-3-5-6-8-20-13-16-23-22-15-14-21(19-11-9-18(7-4-2)10-12-19)17-24(22)27(29,30)31-26(23)25(20)28/h9-17H,3-8H2,1-2H3. The molecule has 1 aliphatic rings. The Hall–Kier alpha value is -2.75. The maximum Gasteiger partial charge on any atom is 0.427 e. The summed E-state index contributed by atoms with van der Waals surface area (Å²) in [6.07, 6.45) is 1.76. The third-order valence-electron chi connectivity index (χ3n) is 5.91. The molecule has 0 atom stereocenters. The van der Waals surface area contributed by atoms with Gasteiger partial charge >= 0.3 is 6.11 Å². The van der Waals surface area contributed by atoms with Crippen molar-refractivity contribution in [3.8, 4) is 28.0 Å². The molecule has 0 amide bonds. The summed E-state index contributed by atoms with van der Waals surface area (Å²) < 4.78 is 49.9. The van der Waals surface area contributed by atoms with Crippen LogP contribution in [0.15, 0.2) is 54.6 Å². The zero-order valence-corrected chi connectivity index (χ0v) is 18.0. The monoisotopic (exact) mass is 424 g/mol. The lowest BCUT2D eigenvalue weighted by atomic mass is 9.90. The van der Waals surface area contributed by atoms with Crippen molar-refractivity contribution in [3.63, 3.8) is 0 Å². The van der Waals surface area contributed by atoms with E-state index in [9.17, 15) is 8.78 Å². The number of alkyl halides is 2. The molecular formula is C27H27F3O. The van der Waals surface area contributed by atoms with Crippen LogP contribution in [0.2, 0.25) is 0 Å². The Morgan fingerprint density at radius 2 is 1.48 bits per heavy atom. The zero-order valence-electron chi connectivity index (χ0n) is 18.0. The molecule has 0 N–H and O–H groups in total. The highest BCUT2D eigenvalue weighted by Gasteiger charge is 2.43. The van der Waals surface area contributed by atoms with Crippen LogP contribution in [0.1, 0.15) is 56.2 Å². The van der Waals surface area contributed by atoms with E-state index in [0.717, 1.165) is 37.7 Å². The summed E-state index contributed by atoms with van der Waals surface area (Å²) in [6, 6.07) is 16.3. The predicted octanol–water partition coefficient (Wildman–Crippen LogP) is 8.29. The van der Waals surface area contributed by atoms with Crippen molar-refractivity contribution in [3.05, 3.63) is 77.1 Å². The molecule has 4 rings (SSSR count). The van der Waals surface area contributed by atoms with E-state index in [1.807, 2.05) is 30.3 Å². The van der Waals surface area contributed by atoms with Crippen LogP contribution in [-0.4, -0.2) is 0 Å². The van der Waals surface area contributed by atoms with Gasteiger partial charge in [0.25, 0.3) is 0 Å². The average Bonchev–Trinajstić information content (AvgIpc) is 2.76. The molecule has 0 aromatic heterocycles. The van der Waals surface area contributed by atoms with Crippen LogP contribution < -0.4 is 4.74 Å². The summed E-state index contributed by atoms with van der Waals surface area (Å²) in [7, 11) is 0. The van der Waals surface area contributed by atoms with Gasteiger partial charge in [0.1, 0.15) is 0 Å². The highest BCUT2D eigenvalue weighted by molar-refractivity contribution is 5.80. The van der Waals surface area contributed by atoms with Crippen molar-refractivity contribution in [2.75, 3.05) is 0 Å². The van der Waals surface area contributed by atoms with Gasteiger partial charge in [-0.05, 0) is 53.1 Å². The van der Waals surface area contributed by atoms with Gasteiger partial charge in [0.05, 0.1) is 5.56 Å². The fraction of sp³-hybridized carbons (Fsp3) is 0.333. The second kappa shape index (κ2) is 8.78. The molecular weight excluding hydrogens is 397 g/mol. The summed E-state index contributed by atoms with van der Waals surface area (Å²) in [5.74, 6) is -1.02. The molecule has 31 heavy (non-hydrogen) atoms. The van der Waals surface area contributed by atoms with Crippen LogP contribution in [0.25, 0.3) is 22.3 Å². The minimum atomic E-state index is -3.59. The Labute approximate surface area is 181 Å². The van der Waals surface area contributed by atoms with Gasteiger partial charge in [0.2, 0.25) is 0 Å². The molecule has 0 unspecified atom stereocenters. The van der Waals surface area contributed by atoms with E-state index in [2.05, 4.69) is 13.8 Å². The van der Waals surface area contributed by atoms with E-state index >= 15 is 4.39 Å². The Morgan fingerprint density at radius 1 is 0.774 bits per heavy atom. The van der Waals surface area contributed by atoms with Crippen LogP contribution in [-0.2, 0) is 19.0 Å². The Morgan fingerprint density at radius 3 is 2.19 bits per heavy atom. The maximum absolute atomic E-state index is 15.0. The van der Waals surface area contributed by atoms with Gasteiger partial charge in [-0.2, -0.15) is 8.78 Å². The quantitative estimate of drug-likeness (QED) is 0.347. The fourth-order valence-corrected chi connectivity index (χ4v) is 4.20. The predicted molar refractivity (Wildman–Crippen MR) is 119 cm³/mol. The first-order valence-corrected chi connectivity index (χ1v) is 11.1. The fourth-order valence-electron chi connectivity index (χ4n) is 4.20.